The maximum Gasteiger partial charge on any atom is 0.272 e. The summed E-state index contributed by atoms with van der Waals surface area (Å²) >= 11 is 0. The summed E-state index contributed by atoms with van der Waals surface area (Å²) in [5.74, 6) is 0.850. The molecule has 0 unspecified atom stereocenters. The lowest BCUT2D eigenvalue weighted by Crippen LogP contribution is -2.17. The second-order valence-electron chi connectivity index (χ2n) is 4.90. The van der Waals surface area contributed by atoms with E-state index in [1.807, 2.05) is 26.8 Å². The van der Waals surface area contributed by atoms with Gasteiger partial charge in [0.25, 0.3) is 10.0 Å². The SMILES string of the molecule is COc1ccc(C)cc1S(=O)(=O)n1ccnc1C(C)C. The van der Waals surface area contributed by atoms with Gasteiger partial charge in [-0.05, 0) is 24.6 Å². The third kappa shape index (κ3) is 2.43. The minimum absolute atomic E-state index is 0.00980. The molecule has 0 N–H and O–H groups in total. The van der Waals surface area contributed by atoms with Crippen LogP contribution in [0.15, 0.2) is 35.5 Å². The highest BCUT2D eigenvalue weighted by molar-refractivity contribution is 7.90. The Morgan fingerprint density at radius 1 is 1.30 bits per heavy atom. The van der Waals surface area contributed by atoms with Gasteiger partial charge in [0.1, 0.15) is 16.5 Å². The van der Waals surface area contributed by atoms with Crippen LogP contribution < -0.4 is 4.74 Å². The Labute approximate surface area is 119 Å². The number of rotatable bonds is 4. The number of methoxy groups -OCH3 is 1. The summed E-state index contributed by atoms with van der Waals surface area (Å²) in [4.78, 5) is 4.28. The number of ether oxygens (including phenoxy) is 1. The summed E-state index contributed by atoms with van der Waals surface area (Å²) in [5, 5.41) is 0. The first-order chi connectivity index (χ1) is 9.37. The molecule has 1 aromatic carbocycles. The molecule has 20 heavy (non-hydrogen) atoms. The van der Waals surface area contributed by atoms with E-state index in [2.05, 4.69) is 4.98 Å². The van der Waals surface area contributed by atoms with Crippen LogP contribution in [0.1, 0.15) is 31.2 Å². The molecule has 2 rings (SSSR count). The molecule has 0 amide bonds. The van der Waals surface area contributed by atoms with E-state index in [0.717, 1.165) is 5.56 Å². The molecule has 1 heterocycles. The van der Waals surface area contributed by atoms with Crippen molar-refractivity contribution in [2.45, 2.75) is 31.6 Å². The summed E-state index contributed by atoms with van der Waals surface area (Å²) in [5.41, 5.74) is 0.857. The molecule has 1 aromatic heterocycles. The number of aromatic nitrogens is 2. The highest BCUT2D eigenvalue weighted by Crippen LogP contribution is 2.28. The van der Waals surface area contributed by atoms with E-state index in [9.17, 15) is 8.42 Å². The average Bonchev–Trinajstić information content (AvgIpc) is 2.88. The van der Waals surface area contributed by atoms with Crippen LogP contribution in [0.2, 0.25) is 0 Å². The van der Waals surface area contributed by atoms with Crippen molar-refractivity contribution in [1.82, 2.24) is 8.96 Å². The van der Waals surface area contributed by atoms with Gasteiger partial charge in [-0.2, -0.15) is 0 Å². The normalized spacial score (nSPS) is 11.8. The Morgan fingerprint density at radius 2 is 2.00 bits per heavy atom. The van der Waals surface area contributed by atoms with Gasteiger partial charge < -0.3 is 4.74 Å². The third-order valence-electron chi connectivity index (χ3n) is 3.01. The molecule has 0 saturated carbocycles. The fourth-order valence-electron chi connectivity index (χ4n) is 2.00. The largest absolute Gasteiger partial charge is 0.495 e. The van der Waals surface area contributed by atoms with Crippen molar-refractivity contribution >= 4 is 10.0 Å². The second-order valence-corrected chi connectivity index (χ2v) is 6.68. The zero-order chi connectivity index (χ0) is 14.9. The number of imidazole rings is 1. The van der Waals surface area contributed by atoms with Crippen molar-refractivity contribution < 1.29 is 13.2 Å². The number of hydrogen-bond donors (Lipinski definition) is 0. The maximum atomic E-state index is 12.8. The van der Waals surface area contributed by atoms with E-state index in [0.29, 0.717) is 11.6 Å². The van der Waals surface area contributed by atoms with Crippen LogP contribution >= 0.6 is 0 Å². The molecule has 6 heteroatoms. The Bertz CT molecular complexity index is 718. The van der Waals surface area contributed by atoms with E-state index in [1.54, 1.807) is 12.1 Å². The molecule has 0 atom stereocenters. The van der Waals surface area contributed by atoms with Gasteiger partial charge >= 0.3 is 0 Å². The quantitative estimate of drug-likeness (QED) is 0.869. The predicted octanol–water partition coefficient (Wildman–Crippen LogP) is 2.56. The number of aryl methyl sites for hydroxylation is 1. The van der Waals surface area contributed by atoms with Crippen LogP contribution in [0.4, 0.5) is 0 Å². The molecule has 0 fully saturated rings. The minimum atomic E-state index is -3.71. The highest BCUT2D eigenvalue weighted by atomic mass is 32.2. The monoisotopic (exact) mass is 294 g/mol. The standard InChI is InChI=1S/C14H18N2O3S/c1-10(2)14-15-7-8-16(14)20(17,18)13-9-11(3)5-6-12(13)19-4/h5-10H,1-4H3. The van der Waals surface area contributed by atoms with Gasteiger partial charge in [0.15, 0.2) is 0 Å². The fraction of sp³-hybridized carbons (Fsp3) is 0.357. The lowest BCUT2D eigenvalue weighted by Gasteiger charge is -2.14. The van der Waals surface area contributed by atoms with Gasteiger partial charge in [-0.1, -0.05) is 19.9 Å². The van der Waals surface area contributed by atoms with Gasteiger partial charge in [-0.25, -0.2) is 17.4 Å². The molecular formula is C14H18N2O3S. The van der Waals surface area contributed by atoms with Crippen molar-refractivity contribution in [2.24, 2.45) is 0 Å². The zero-order valence-electron chi connectivity index (χ0n) is 12.0. The molecule has 0 saturated heterocycles. The summed E-state index contributed by atoms with van der Waals surface area (Å²) in [6.45, 7) is 5.65. The van der Waals surface area contributed by atoms with Crippen LogP contribution in [0.5, 0.6) is 5.75 Å². The van der Waals surface area contributed by atoms with Crippen LogP contribution in [-0.2, 0) is 10.0 Å². The number of nitrogens with zero attached hydrogens (tertiary/aromatic N) is 2. The van der Waals surface area contributed by atoms with Gasteiger partial charge in [0.2, 0.25) is 0 Å². The van der Waals surface area contributed by atoms with Crippen molar-refractivity contribution in [1.29, 1.82) is 0 Å². The average molecular weight is 294 g/mol. The van der Waals surface area contributed by atoms with E-state index in [4.69, 9.17) is 4.74 Å². The molecule has 2 aromatic rings. The molecule has 0 aliphatic heterocycles. The lowest BCUT2D eigenvalue weighted by molar-refractivity contribution is 0.402. The van der Waals surface area contributed by atoms with Gasteiger partial charge in [-0.15, -0.1) is 0 Å². The highest BCUT2D eigenvalue weighted by Gasteiger charge is 2.25. The van der Waals surface area contributed by atoms with E-state index in [-0.39, 0.29) is 10.8 Å². The van der Waals surface area contributed by atoms with E-state index in [1.165, 1.54) is 23.5 Å². The van der Waals surface area contributed by atoms with Crippen LogP contribution in [-0.4, -0.2) is 24.5 Å². The first-order valence-corrected chi connectivity index (χ1v) is 7.75. The molecule has 108 valence electrons. The summed E-state index contributed by atoms with van der Waals surface area (Å²) in [6, 6.07) is 5.08. The van der Waals surface area contributed by atoms with Crippen molar-refractivity contribution in [2.75, 3.05) is 7.11 Å². The minimum Gasteiger partial charge on any atom is -0.495 e. The summed E-state index contributed by atoms with van der Waals surface area (Å²) in [6.07, 6.45) is 2.96. The topological polar surface area (TPSA) is 61.2 Å². The van der Waals surface area contributed by atoms with Gasteiger partial charge in [0, 0.05) is 18.3 Å². The maximum absolute atomic E-state index is 12.8. The van der Waals surface area contributed by atoms with Crippen molar-refractivity contribution in [3.05, 3.63) is 42.0 Å². The van der Waals surface area contributed by atoms with Crippen molar-refractivity contribution in [3.63, 3.8) is 0 Å². The van der Waals surface area contributed by atoms with Crippen LogP contribution in [0.3, 0.4) is 0 Å². The van der Waals surface area contributed by atoms with Crippen molar-refractivity contribution in [3.8, 4) is 5.75 Å². The predicted molar refractivity (Wildman–Crippen MR) is 76.6 cm³/mol. The first kappa shape index (κ1) is 14.6. The number of benzene rings is 1. The van der Waals surface area contributed by atoms with Crippen LogP contribution in [0.25, 0.3) is 0 Å². The summed E-state index contributed by atoms with van der Waals surface area (Å²) in [7, 11) is -2.25. The first-order valence-electron chi connectivity index (χ1n) is 6.31. The second kappa shape index (κ2) is 5.28. The lowest BCUT2D eigenvalue weighted by atomic mass is 10.2. The molecule has 0 spiro atoms. The molecular weight excluding hydrogens is 276 g/mol. The molecule has 5 nitrogen and oxygen atoms in total. The third-order valence-corrected chi connectivity index (χ3v) is 4.71. The van der Waals surface area contributed by atoms with E-state index >= 15 is 0 Å². The van der Waals surface area contributed by atoms with Gasteiger partial charge in [0.05, 0.1) is 7.11 Å². The summed E-state index contributed by atoms with van der Waals surface area (Å²) < 4.78 is 32.0. The Kier molecular flexibility index (Phi) is 3.85. The van der Waals surface area contributed by atoms with E-state index < -0.39 is 10.0 Å². The van der Waals surface area contributed by atoms with Gasteiger partial charge in [-0.3, -0.25) is 0 Å². The Balaban J connectivity index is 2.67. The van der Waals surface area contributed by atoms with Crippen LogP contribution in [0, 0.1) is 6.92 Å². The molecule has 0 aliphatic carbocycles. The fourth-order valence-corrected chi connectivity index (χ4v) is 3.67. The molecule has 0 radical (unpaired) electrons. The molecule has 0 bridgehead atoms. The number of hydrogen-bond acceptors (Lipinski definition) is 4. The Morgan fingerprint density at radius 3 is 2.60 bits per heavy atom. The zero-order valence-corrected chi connectivity index (χ0v) is 12.8. The smallest absolute Gasteiger partial charge is 0.272 e. The Hall–Kier alpha value is -1.82. The molecule has 0 aliphatic rings.